The van der Waals surface area contributed by atoms with Crippen molar-refractivity contribution < 1.29 is 13.9 Å². The second-order valence-corrected chi connectivity index (χ2v) is 6.72. The van der Waals surface area contributed by atoms with Gasteiger partial charge in [-0.3, -0.25) is 9.69 Å². The molecular weight excluding hydrogens is 309 g/mol. The lowest BCUT2D eigenvalue weighted by Gasteiger charge is -2.35. The Morgan fingerprint density at radius 2 is 2.00 bits per heavy atom. The van der Waals surface area contributed by atoms with Gasteiger partial charge < -0.3 is 14.5 Å². The van der Waals surface area contributed by atoms with Crippen molar-refractivity contribution in [1.82, 2.24) is 14.7 Å². The van der Waals surface area contributed by atoms with E-state index in [0.29, 0.717) is 13.2 Å². The number of morpholine rings is 1. The molecule has 2 atom stereocenters. The van der Waals surface area contributed by atoms with Crippen LogP contribution in [0.4, 0.5) is 4.39 Å². The Labute approximate surface area is 144 Å². The maximum absolute atomic E-state index is 13.0. The molecular formula is C18H28FN3O2. The van der Waals surface area contributed by atoms with E-state index in [1.807, 2.05) is 21.0 Å². The van der Waals surface area contributed by atoms with Crippen molar-refractivity contribution in [1.29, 1.82) is 0 Å². The zero-order valence-electron chi connectivity index (χ0n) is 15.0. The van der Waals surface area contributed by atoms with Crippen LogP contribution in [0.25, 0.3) is 0 Å². The van der Waals surface area contributed by atoms with Crippen molar-refractivity contribution >= 4 is 5.91 Å². The fourth-order valence-electron chi connectivity index (χ4n) is 2.93. The predicted octanol–water partition coefficient (Wildman–Crippen LogP) is 1.61. The summed E-state index contributed by atoms with van der Waals surface area (Å²) in [6, 6.07) is 6.23. The van der Waals surface area contributed by atoms with Crippen molar-refractivity contribution in [2.45, 2.75) is 19.1 Å². The van der Waals surface area contributed by atoms with E-state index in [4.69, 9.17) is 4.74 Å². The van der Waals surface area contributed by atoms with E-state index in [2.05, 4.69) is 9.80 Å². The molecule has 0 saturated carbocycles. The number of benzene rings is 1. The van der Waals surface area contributed by atoms with Gasteiger partial charge in [0.2, 0.25) is 5.91 Å². The van der Waals surface area contributed by atoms with Crippen LogP contribution in [0.15, 0.2) is 24.3 Å². The minimum atomic E-state index is -0.264. The Balaban J connectivity index is 1.89. The highest BCUT2D eigenvalue weighted by molar-refractivity contribution is 5.78. The first-order chi connectivity index (χ1) is 11.4. The zero-order chi connectivity index (χ0) is 17.7. The van der Waals surface area contributed by atoms with Crippen LogP contribution in [-0.2, 0) is 9.53 Å². The van der Waals surface area contributed by atoms with Gasteiger partial charge in [0.1, 0.15) is 5.82 Å². The van der Waals surface area contributed by atoms with Gasteiger partial charge in [0.25, 0.3) is 0 Å². The summed E-state index contributed by atoms with van der Waals surface area (Å²) in [4.78, 5) is 18.5. The topological polar surface area (TPSA) is 36.0 Å². The van der Waals surface area contributed by atoms with Gasteiger partial charge in [0.05, 0.1) is 25.3 Å². The van der Waals surface area contributed by atoms with Crippen LogP contribution in [0.5, 0.6) is 0 Å². The molecule has 1 aromatic carbocycles. The Bertz CT molecular complexity index is 536. The van der Waals surface area contributed by atoms with Crippen molar-refractivity contribution in [3.05, 3.63) is 35.6 Å². The average molecular weight is 337 g/mol. The van der Waals surface area contributed by atoms with E-state index in [-0.39, 0.29) is 23.9 Å². The average Bonchev–Trinajstić information content (AvgIpc) is 2.54. The smallest absolute Gasteiger partial charge is 0.236 e. The van der Waals surface area contributed by atoms with E-state index in [9.17, 15) is 9.18 Å². The number of hydrogen-bond donors (Lipinski definition) is 0. The highest BCUT2D eigenvalue weighted by Crippen LogP contribution is 2.19. The Kier molecular flexibility index (Phi) is 6.71. The number of halogens is 1. The molecule has 1 saturated heterocycles. The molecule has 0 aromatic heterocycles. The van der Waals surface area contributed by atoms with Crippen LogP contribution in [-0.4, -0.2) is 80.6 Å². The summed E-state index contributed by atoms with van der Waals surface area (Å²) in [5, 5.41) is 0. The van der Waals surface area contributed by atoms with Gasteiger partial charge in [-0.2, -0.15) is 0 Å². The molecule has 1 aliphatic rings. The molecule has 6 heteroatoms. The third kappa shape index (κ3) is 5.26. The van der Waals surface area contributed by atoms with Crippen LogP contribution in [0.1, 0.15) is 18.5 Å². The lowest BCUT2D eigenvalue weighted by molar-refractivity contribution is -0.135. The zero-order valence-corrected chi connectivity index (χ0v) is 15.0. The van der Waals surface area contributed by atoms with Gasteiger partial charge in [-0.25, -0.2) is 4.39 Å². The minimum absolute atomic E-state index is 0.0670. The summed E-state index contributed by atoms with van der Waals surface area (Å²) in [5.74, 6) is -0.197. The van der Waals surface area contributed by atoms with Crippen LogP contribution in [0, 0.1) is 5.82 Å². The monoisotopic (exact) mass is 337 g/mol. The summed E-state index contributed by atoms with van der Waals surface area (Å²) in [5.41, 5.74) is 0.930. The van der Waals surface area contributed by atoms with E-state index < -0.39 is 0 Å². The molecule has 1 heterocycles. The second kappa shape index (κ2) is 8.55. The lowest BCUT2D eigenvalue weighted by atomic mass is 10.1. The van der Waals surface area contributed by atoms with Gasteiger partial charge in [0, 0.05) is 26.7 Å². The first kappa shape index (κ1) is 18.8. The second-order valence-electron chi connectivity index (χ2n) is 6.72. The molecule has 0 N–H and O–H groups in total. The van der Waals surface area contributed by atoms with Crippen LogP contribution in [0.2, 0.25) is 0 Å². The van der Waals surface area contributed by atoms with Crippen molar-refractivity contribution in [2.75, 3.05) is 53.9 Å². The summed E-state index contributed by atoms with van der Waals surface area (Å²) in [7, 11) is 5.84. The fraction of sp³-hybridized carbons (Fsp3) is 0.611. The number of rotatable bonds is 6. The molecule has 134 valence electrons. The molecule has 1 fully saturated rings. The quantitative estimate of drug-likeness (QED) is 0.790. The van der Waals surface area contributed by atoms with Gasteiger partial charge in [-0.1, -0.05) is 12.1 Å². The third-order valence-corrected chi connectivity index (χ3v) is 4.48. The Morgan fingerprint density at radius 3 is 2.62 bits per heavy atom. The van der Waals surface area contributed by atoms with Gasteiger partial charge in [0.15, 0.2) is 0 Å². The van der Waals surface area contributed by atoms with E-state index in [0.717, 1.165) is 25.2 Å². The molecule has 0 spiro atoms. The van der Waals surface area contributed by atoms with Crippen molar-refractivity contribution in [3.8, 4) is 0 Å². The summed E-state index contributed by atoms with van der Waals surface area (Å²) < 4.78 is 18.8. The molecule has 2 rings (SSSR count). The number of carbonyl (C=O) groups excluding carboxylic acids is 1. The number of likely N-dealkylation sites (N-methyl/N-ethyl adjacent to an activating group) is 2. The Morgan fingerprint density at radius 1 is 1.33 bits per heavy atom. The van der Waals surface area contributed by atoms with Crippen molar-refractivity contribution in [3.63, 3.8) is 0 Å². The Hall–Kier alpha value is -1.50. The third-order valence-electron chi connectivity index (χ3n) is 4.48. The lowest BCUT2D eigenvalue weighted by Crippen LogP contribution is -2.49. The van der Waals surface area contributed by atoms with Gasteiger partial charge in [-0.15, -0.1) is 0 Å². The van der Waals surface area contributed by atoms with Gasteiger partial charge in [-0.05, 0) is 38.7 Å². The van der Waals surface area contributed by atoms with E-state index in [1.54, 1.807) is 24.1 Å². The largest absolute Gasteiger partial charge is 0.374 e. The normalized spacial score (nSPS) is 20.2. The van der Waals surface area contributed by atoms with Crippen molar-refractivity contribution in [2.24, 2.45) is 0 Å². The van der Waals surface area contributed by atoms with E-state index in [1.165, 1.54) is 12.1 Å². The summed E-state index contributed by atoms with van der Waals surface area (Å²) in [6.07, 6.45) is 0.140. The van der Waals surface area contributed by atoms with Crippen LogP contribution in [0.3, 0.4) is 0 Å². The highest BCUT2D eigenvalue weighted by atomic mass is 19.1. The molecule has 0 bridgehead atoms. The number of hydrogen-bond acceptors (Lipinski definition) is 4. The standard InChI is InChI=1S/C18H28FN3O2/c1-14(15-5-7-16(19)8-6-15)21(4)18(23)13-22-9-10-24-17(12-22)11-20(2)3/h5-8,14,17H,9-13H2,1-4H3/t14-,17+/m1/s1. The molecule has 0 unspecified atom stereocenters. The maximum Gasteiger partial charge on any atom is 0.236 e. The molecule has 1 aliphatic heterocycles. The van der Waals surface area contributed by atoms with Crippen LogP contribution >= 0.6 is 0 Å². The molecule has 24 heavy (non-hydrogen) atoms. The van der Waals surface area contributed by atoms with E-state index >= 15 is 0 Å². The highest BCUT2D eigenvalue weighted by Gasteiger charge is 2.25. The molecule has 0 radical (unpaired) electrons. The minimum Gasteiger partial charge on any atom is -0.374 e. The number of ether oxygens (including phenoxy) is 1. The number of carbonyl (C=O) groups is 1. The number of amides is 1. The fourth-order valence-corrected chi connectivity index (χ4v) is 2.93. The first-order valence-electron chi connectivity index (χ1n) is 8.36. The number of nitrogens with zero attached hydrogens (tertiary/aromatic N) is 3. The SMILES string of the molecule is C[C@H](c1ccc(F)cc1)N(C)C(=O)CN1CCO[C@@H](CN(C)C)C1. The van der Waals surface area contributed by atoms with Crippen LogP contribution < -0.4 is 0 Å². The predicted molar refractivity (Wildman–Crippen MR) is 92.3 cm³/mol. The molecule has 1 amide bonds. The first-order valence-corrected chi connectivity index (χ1v) is 8.36. The maximum atomic E-state index is 13.0. The molecule has 0 aliphatic carbocycles. The molecule has 1 aromatic rings. The summed E-state index contributed by atoms with van der Waals surface area (Å²) >= 11 is 0. The molecule has 5 nitrogen and oxygen atoms in total. The summed E-state index contributed by atoms with van der Waals surface area (Å²) in [6.45, 7) is 5.39. The van der Waals surface area contributed by atoms with Gasteiger partial charge >= 0.3 is 0 Å².